The number of rotatable bonds is 5. The summed E-state index contributed by atoms with van der Waals surface area (Å²) in [5.41, 5.74) is -0.412. The first-order chi connectivity index (χ1) is 11.4. The predicted octanol–water partition coefficient (Wildman–Crippen LogP) is 4.58. The fourth-order valence-corrected chi connectivity index (χ4v) is 4.07. The topological polar surface area (TPSA) is 41.6 Å². The molecule has 1 amide bonds. The fraction of sp³-hybridized carbons (Fsp3) is 0.950. The van der Waals surface area contributed by atoms with E-state index in [1.807, 2.05) is 25.7 Å². The van der Waals surface area contributed by atoms with Crippen molar-refractivity contribution >= 4 is 6.09 Å². The molecular formula is C20H38N2O2. The Hall–Kier alpha value is -0.770. The number of hydrogen-bond acceptors (Lipinski definition) is 3. The van der Waals surface area contributed by atoms with Crippen LogP contribution in [0.15, 0.2) is 0 Å². The second kappa shape index (κ2) is 9.07. The molecule has 0 aromatic rings. The number of hydrogen-bond donors (Lipinski definition) is 1. The summed E-state index contributed by atoms with van der Waals surface area (Å²) >= 11 is 0. The van der Waals surface area contributed by atoms with Crippen LogP contribution in [-0.2, 0) is 4.74 Å². The Morgan fingerprint density at radius 1 is 1.04 bits per heavy atom. The van der Waals surface area contributed by atoms with Crippen LogP contribution in [0.2, 0.25) is 0 Å². The molecule has 1 aliphatic carbocycles. The lowest BCUT2D eigenvalue weighted by molar-refractivity contribution is 0.00983. The zero-order chi connectivity index (χ0) is 17.6. The lowest BCUT2D eigenvalue weighted by atomic mass is 9.81. The fourth-order valence-electron chi connectivity index (χ4n) is 4.07. The van der Waals surface area contributed by atoms with Crippen molar-refractivity contribution in [3.8, 4) is 0 Å². The minimum Gasteiger partial charge on any atom is -0.444 e. The SMILES string of the molecule is CCC1CCC(CNCC2CCCCN2C(=O)OC(C)(C)C)CC1. The van der Waals surface area contributed by atoms with Crippen LogP contribution in [0.25, 0.3) is 0 Å². The molecule has 0 spiro atoms. The number of nitrogens with one attached hydrogen (secondary N) is 1. The first-order valence-corrected chi connectivity index (χ1v) is 10.1. The second-order valence-corrected chi connectivity index (χ2v) is 8.78. The second-order valence-electron chi connectivity index (χ2n) is 8.78. The van der Waals surface area contributed by atoms with E-state index in [-0.39, 0.29) is 6.09 Å². The van der Waals surface area contributed by atoms with Crippen molar-refractivity contribution in [1.29, 1.82) is 0 Å². The van der Waals surface area contributed by atoms with Gasteiger partial charge in [0.1, 0.15) is 5.60 Å². The molecular weight excluding hydrogens is 300 g/mol. The van der Waals surface area contributed by atoms with E-state index in [0.717, 1.165) is 44.3 Å². The van der Waals surface area contributed by atoms with Crippen LogP contribution in [0.3, 0.4) is 0 Å². The Morgan fingerprint density at radius 3 is 2.33 bits per heavy atom. The number of likely N-dealkylation sites (tertiary alicyclic amines) is 1. The Morgan fingerprint density at radius 2 is 1.71 bits per heavy atom. The first kappa shape index (κ1) is 19.6. The number of amides is 1. The van der Waals surface area contributed by atoms with Gasteiger partial charge < -0.3 is 15.0 Å². The Kier molecular flexibility index (Phi) is 7.39. The van der Waals surface area contributed by atoms with Gasteiger partial charge in [0.25, 0.3) is 0 Å². The van der Waals surface area contributed by atoms with Crippen molar-refractivity contribution in [3.05, 3.63) is 0 Å². The standard InChI is InChI=1S/C20H38N2O2/c1-5-16-9-11-17(12-10-16)14-21-15-18-8-6-7-13-22(18)19(23)24-20(2,3)4/h16-18,21H,5-15H2,1-4H3. The van der Waals surface area contributed by atoms with E-state index in [1.165, 1.54) is 38.5 Å². The number of piperidine rings is 1. The van der Waals surface area contributed by atoms with Crippen LogP contribution < -0.4 is 5.32 Å². The highest BCUT2D eigenvalue weighted by atomic mass is 16.6. The van der Waals surface area contributed by atoms with Gasteiger partial charge in [-0.2, -0.15) is 0 Å². The molecule has 140 valence electrons. The molecule has 2 aliphatic rings. The van der Waals surface area contributed by atoms with Gasteiger partial charge in [0.2, 0.25) is 0 Å². The van der Waals surface area contributed by atoms with Gasteiger partial charge >= 0.3 is 6.09 Å². The largest absolute Gasteiger partial charge is 0.444 e. The molecule has 1 aliphatic heterocycles. The van der Waals surface area contributed by atoms with Crippen LogP contribution in [0, 0.1) is 11.8 Å². The van der Waals surface area contributed by atoms with Crippen LogP contribution in [0.5, 0.6) is 0 Å². The maximum absolute atomic E-state index is 12.4. The van der Waals surface area contributed by atoms with Gasteiger partial charge in [0, 0.05) is 19.1 Å². The smallest absolute Gasteiger partial charge is 0.410 e. The summed E-state index contributed by atoms with van der Waals surface area (Å²) in [6.45, 7) is 11.0. The lowest BCUT2D eigenvalue weighted by Crippen LogP contribution is -2.50. The molecule has 1 saturated heterocycles. The van der Waals surface area contributed by atoms with Gasteiger partial charge in [0.05, 0.1) is 0 Å². The molecule has 24 heavy (non-hydrogen) atoms. The van der Waals surface area contributed by atoms with Gasteiger partial charge in [-0.15, -0.1) is 0 Å². The molecule has 1 saturated carbocycles. The van der Waals surface area contributed by atoms with Crippen molar-refractivity contribution in [2.75, 3.05) is 19.6 Å². The number of nitrogens with zero attached hydrogens (tertiary/aromatic N) is 1. The zero-order valence-electron chi connectivity index (χ0n) is 16.3. The van der Waals surface area contributed by atoms with Gasteiger partial charge in [0.15, 0.2) is 0 Å². The third-order valence-electron chi connectivity index (χ3n) is 5.61. The summed E-state index contributed by atoms with van der Waals surface area (Å²) in [6, 6.07) is 0.292. The zero-order valence-corrected chi connectivity index (χ0v) is 16.3. The normalized spacial score (nSPS) is 28.7. The van der Waals surface area contributed by atoms with E-state index < -0.39 is 5.60 Å². The van der Waals surface area contributed by atoms with E-state index in [0.29, 0.717) is 6.04 Å². The Labute approximate surface area is 148 Å². The number of ether oxygens (including phenoxy) is 1. The third-order valence-corrected chi connectivity index (χ3v) is 5.61. The van der Waals surface area contributed by atoms with Crippen molar-refractivity contribution < 1.29 is 9.53 Å². The van der Waals surface area contributed by atoms with Crippen LogP contribution in [-0.4, -0.2) is 42.3 Å². The van der Waals surface area contributed by atoms with E-state index in [4.69, 9.17) is 4.74 Å². The molecule has 4 nitrogen and oxygen atoms in total. The summed E-state index contributed by atoms with van der Waals surface area (Å²) in [4.78, 5) is 14.4. The molecule has 4 heteroatoms. The van der Waals surface area contributed by atoms with Crippen LogP contribution in [0.1, 0.15) is 79.1 Å². The first-order valence-electron chi connectivity index (χ1n) is 10.1. The van der Waals surface area contributed by atoms with E-state index in [1.54, 1.807) is 0 Å². The molecule has 2 rings (SSSR count). The summed E-state index contributed by atoms with van der Waals surface area (Å²) in [5.74, 6) is 1.79. The highest BCUT2D eigenvalue weighted by molar-refractivity contribution is 5.68. The van der Waals surface area contributed by atoms with E-state index >= 15 is 0 Å². The minimum atomic E-state index is -0.412. The lowest BCUT2D eigenvalue weighted by Gasteiger charge is -2.37. The van der Waals surface area contributed by atoms with Gasteiger partial charge in [-0.05, 0) is 71.3 Å². The van der Waals surface area contributed by atoms with Gasteiger partial charge in [-0.25, -0.2) is 4.79 Å². The number of carbonyl (C=O) groups excluding carboxylic acids is 1. The molecule has 1 heterocycles. The molecule has 2 fully saturated rings. The number of carbonyl (C=O) groups is 1. The maximum Gasteiger partial charge on any atom is 0.410 e. The maximum atomic E-state index is 12.4. The summed E-state index contributed by atoms with van der Waals surface area (Å²) in [5, 5.41) is 3.66. The minimum absolute atomic E-state index is 0.141. The highest BCUT2D eigenvalue weighted by Crippen LogP contribution is 2.30. The van der Waals surface area contributed by atoms with Crippen molar-refractivity contribution in [2.24, 2.45) is 11.8 Å². The van der Waals surface area contributed by atoms with Crippen LogP contribution >= 0.6 is 0 Å². The summed E-state index contributed by atoms with van der Waals surface area (Å²) in [6.07, 6.45) is 10.1. The Balaban J connectivity index is 1.74. The van der Waals surface area contributed by atoms with Gasteiger partial charge in [-0.3, -0.25) is 0 Å². The highest BCUT2D eigenvalue weighted by Gasteiger charge is 2.30. The summed E-state index contributed by atoms with van der Waals surface area (Å²) < 4.78 is 5.59. The molecule has 0 radical (unpaired) electrons. The average molecular weight is 339 g/mol. The monoisotopic (exact) mass is 338 g/mol. The predicted molar refractivity (Wildman–Crippen MR) is 99.2 cm³/mol. The van der Waals surface area contributed by atoms with Gasteiger partial charge in [-0.1, -0.05) is 26.2 Å². The summed E-state index contributed by atoms with van der Waals surface area (Å²) in [7, 11) is 0. The third kappa shape index (κ3) is 6.27. The van der Waals surface area contributed by atoms with E-state index in [2.05, 4.69) is 12.2 Å². The quantitative estimate of drug-likeness (QED) is 0.797. The molecule has 0 aromatic heterocycles. The van der Waals surface area contributed by atoms with Crippen molar-refractivity contribution in [2.45, 2.75) is 90.7 Å². The van der Waals surface area contributed by atoms with Crippen molar-refractivity contribution in [3.63, 3.8) is 0 Å². The molecule has 0 bridgehead atoms. The molecule has 1 N–H and O–H groups in total. The molecule has 1 unspecified atom stereocenters. The Bertz CT molecular complexity index is 384. The van der Waals surface area contributed by atoms with E-state index in [9.17, 15) is 4.79 Å². The average Bonchev–Trinajstić information content (AvgIpc) is 2.54. The van der Waals surface area contributed by atoms with Crippen LogP contribution in [0.4, 0.5) is 4.79 Å². The van der Waals surface area contributed by atoms with Crippen molar-refractivity contribution in [1.82, 2.24) is 10.2 Å². The molecule has 1 atom stereocenters. The molecule has 0 aromatic carbocycles.